The van der Waals surface area contributed by atoms with Crippen LogP contribution in [-0.2, 0) is 16.4 Å². The number of rotatable bonds is 7. The van der Waals surface area contributed by atoms with E-state index < -0.39 is 9.84 Å². The Labute approximate surface area is 135 Å². The number of aromatic nitrogens is 3. The highest BCUT2D eigenvalue weighted by atomic mass is 32.2. The maximum Gasteiger partial charge on any atom is 0.191 e. The van der Waals surface area contributed by atoms with Gasteiger partial charge in [-0.1, -0.05) is 41.6 Å². The van der Waals surface area contributed by atoms with Gasteiger partial charge in [-0.3, -0.25) is 4.57 Å². The molecule has 0 aliphatic rings. The first-order valence-corrected chi connectivity index (χ1v) is 9.87. The average Bonchev–Trinajstić information content (AvgIpc) is 2.81. The summed E-state index contributed by atoms with van der Waals surface area (Å²) in [6, 6.07) is 8.05. The number of hydrogen-bond acceptors (Lipinski definition) is 5. The molecule has 0 saturated heterocycles. The zero-order valence-electron chi connectivity index (χ0n) is 12.7. The van der Waals surface area contributed by atoms with Gasteiger partial charge in [-0.2, -0.15) is 0 Å². The van der Waals surface area contributed by atoms with Crippen molar-refractivity contribution in [2.24, 2.45) is 0 Å². The third-order valence-corrected chi connectivity index (χ3v) is 5.16. The molecule has 0 aliphatic heterocycles. The smallest absolute Gasteiger partial charge is 0.191 e. The Hall–Kier alpha value is -1.60. The van der Waals surface area contributed by atoms with Crippen molar-refractivity contribution < 1.29 is 8.42 Å². The van der Waals surface area contributed by atoms with Crippen molar-refractivity contribution in [1.29, 1.82) is 0 Å². The molecule has 0 bridgehead atoms. The first-order chi connectivity index (χ1) is 10.4. The number of sulfone groups is 1. The monoisotopic (exact) mass is 337 g/mol. The van der Waals surface area contributed by atoms with E-state index in [0.717, 1.165) is 17.0 Å². The summed E-state index contributed by atoms with van der Waals surface area (Å²) < 4.78 is 24.4. The summed E-state index contributed by atoms with van der Waals surface area (Å²) in [6.07, 6.45) is 3.02. The van der Waals surface area contributed by atoms with Crippen molar-refractivity contribution in [1.82, 2.24) is 14.8 Å². The van der Waals surface area contributed by atoms with Gasteiger partial charge in [0.05, 0.1) is 5.75 Å². The van der Waals surface area contributed by atoms with Crippen LogP contribution in [0.3, 0.4) is 0 Å². The van der Waals surface area contributed by atoms with Gasteiger partial charge >= 0.3 is 0 Å². The Kier molecular flexibility index (Phi) is 5.42. The molecule has 0 spiro atoms. The standard InChI is InChI=1S/C15H19N3O2S2/c1-4-8-18-14(13-7-5-6-12(2)11-13)16-17-15(18)21-9-10-22(3,19)20/h4-7,11H,1,8-10H2,2-3H3. The summed E-state index contributed by atoms with van der Waals surface area (Å²) in [5.74, 6) is 1.35. The Morgan fingerprint density at radius 1 is 1.36 bits per heavy atom. The lowest BCUT2D eigenvalue weighted by Gasteiger charge is -2.08. The van der Waals surface area contributed by atoms with Crippen molar-refractivity contribution in [3.63, 3.8) is 0 Å². The van der Waals surface area contributed by atoms with Gasteiger partial charge in [0.15, 0.2) is 11.0 Å². The van der Waals surface area contributed by atoms with Gasteiger partial charge in [0, 0.05) is 24.1 Å². The van der Waals surface area contributed by atoms with Gasteiger partial charge in [0.25, 0.3) is 0 Å². The van der Waals surface area contributed by atoms with Crippen LogP contribution in [0.4, 0.5) is 0 Å². The van der Waals surface area contributed by atoms with Crippen LogP contribution in [0.25, 0.3) is 11.4 Å². The van der Waals surface area contributed by atoms with Gasteiger partial charge < -0.3 is 0 Å². The average molecular weight is 337 g/mol. The van der Waals surface area contributed by atoms with E-state index in [2.05, 4.69) is 22.8 Å². The Morgan fingerprint density at radius 3 is 2.77 bits per heavy atom. The largest absolute Gasteiger partial charge is 0.298 e. The van der Waals surface area contributed by atoms with Crippen LogP contribution in [0, 0.1) is 6.92 Å². The molecule has 2 rings (SSSR count). The molecule has 22 heavy (non-hydrogen) atoms. The normalized spacial score (nSPS) is 11.5. The SMILES string of the molecule is C=CCn1c(SCCS(C)(=O)=O)nnc1-c1cccc(C)c1. The molecule has 1 aromatic carbocycles. The van der Waals surface area contributed by atoms with Crippen LogP contribution in [-0.4, -0.2) is 40.9 Å². The van der Waals surface area contributed by atoms with Crippen LogP contribution < -0.4 is 0 Å². The molecule has 0 aliphatic carbocycles. The molecule has 1 aromatic heterocycles. The van der Waals surface area contributed by atoms with Crippen LogP contribution in [0.5, 0.6) is 0 Å². The molecule has 7 heteroatoms. The summed E-state index contributed by atoms with van der Waals surface area (Å²) in [7, 11) is -2.97. The van der Waals surface area contributed by atoms with E-state index in [0.29, 0.717) is 17.5 Å². The first-order valence-electron chi connectivity index (χ1n) is 6.82. The predicted octanol–water partition coefficient (Wildman–Crippen LogP) is 2.58. The quantitative estimate of drug-likeness (QED) is 0.574. The maximum atomic E-state index is 11.2. The molecule has 1 heterocycles. The molecule has 0 atom stereocenters. The Balaban J connectivity index is 2.27. The zero-order valence-corrected chi connectivity index (χ0v) is 14.3. The van der Waals surface area contributed by atoms with E-state index in [1.54, 1.807) is 6.08 Å². The van der Waals surface area contributed by atoms with Crippen molar-refractivity contribution in [2.45, 2.75) is 18.6 Å². The Morgan fingerprint density at radius 2 is 2.14 bits per heavy atom. The second kappa shape index (κ2) is 7.11. The number of allylic oxidation sites excluding steroid dienone is 1. The fourth-order valence-electron chi connectivity index (χ4n) is 1.97. The minimum Gasteiger partial charge on any atom is -0.298 e. The Bertz CT molecular complexity index is 767. The lowest BCUT2D eigenvalue weighted by Crippen LogP contribution is -2.06. The zero-order chi connectivity index (χ0) is 16.2. The lowest BCUT2D eigenvalue weighted by atomic mass is 10.1. The van der Waals surface area contributed by atoms with Crippen LogP contribution in [0.15, 0.2) is 42.1 Å². The van der Waals surface area contributed by atoms with Gasteiger partial charge in [-0.15, -0.1) is 16.8 Å². The van der Waals surface area contributed by atoms with Gasteiger partial charge in [-0.05, 0) is 13.0 Å². The molecular formula is C15H19N3O2S2. The fourth-order valence-corrected chi connectivity index (χ4v) is 4.11. The molecule has 0 saturated carbocycles. The highest BCUT2D eigenvalue weighted by Gasteiger charge is 2.14. The van der Waals surface area contributed by atoms with Crippen molar-refractivity contribution >= 4 is 21.6 Å². The van der Waals surface area contributed by atoms with E-state index in [1.165, 1.54) is 18.0 Å². The van der Waals surface area contributed by atoms with E-state index in [4.69, 9.17) is 0 Å². The van der Waals surface area contributed by atoms with Crippen molar-refractivity contribution in [3.05, 3.63) is 42.5 Å². The lowest BCUT2D eigenvalue weighted by molar-refractivity contribution is 0.603. The molecule has 0 radical (unpaired) electrons. The second-order valence-corrected chi connectivity index (χ2v) is 8.38. The van der Waals surface area contributed by atoms with Gasteiger partial charge in [0.2, 0.25) is 0 Å². The third kappa shape index (κ3) is 4.45. The summed E-state index contributed by atoms with van der Waals surface area (Å²) in [6.45, 7) is 6.38. The topological polar surface area (TPSA) is 64.8 Å². The molecule has 118 valence electrons. The number of hydrogen-bond donors (Lipinski definition) is 0. The van der Waals surface area contributed by atoms with Crippen LogP contribution in [0.2, 0.25) is 0 Å². The minimum atomic E-state index is -2.97. The number of aryl methyl sites for hydroxylation is 1. The van der Waals surface area contributed by atoms with E-state index in [1.807, 2.05) is 29.7 Å². The highest BCUT2D eigenvalue weighted by molar-refractivity contribution is 8.00. The number of thioether (sulfide) groups is 1. The van der Waals surface area contributed by atoms with E-state index in [-0.39, 0.29) is 5.75 Å². The molecule has 2 aromatic rings. The molecule has 0 unspecified atom stereocenters. The number of nitrogens with zero attached hydrogens (tertiary/aromatic N) is 3. The molecule has 0 N–H and O–H groups in total. The molecular weight excluding hydrogens is 318 g/mol. The first kappa shape index (κ1) is 16.8. The van der Waals surface area contributed by atoms with Gasteiger partial charge in [-0.25, -0.2) is 8.42 Å². The maximum absolute atomic E-state index is 11.2. The fraction of sp³-hybridized carbons (Fsp3) is 0.333. The van der Waals surface area contributed by atoms with E-state index >= 15 is 0 Å². The number of benzene rings is 1. The summed E-state index contributed by atoms with van der Waals surface area (Å²) in [5.41, 5.74) is 2.14. The van der Waals surface area contributed by atoms with E-state index in [9.17, 15) is 8.42 Å². The summed E-state index contributed by atoms with van der Waals surface area (Å²) in [4.78, 5) is 0. The molecule has 0 amide bonds. The van der Waals surface area contributed by atoms with Crippen molar-refractivity contribution in [3.8, 4) is 11.4 Å². The predicted molar refractivity (Wildman–Crippen MR) is 90.8 cm³/mol. The third-order valence-electron chi connectivity index (χ3n) is 2.99. The van der Waals surface area contributed by atoms with Crippen LogP contribution >= 0.6 is 11.8 Å². The molecule has 0 fully saturated rings. The van der Waals surface area contributed by atoms with Crippen molar-refractivity contribution in [2.75, 3.05) is 17.8 Å². The summed E-state index contributed by atoms with van der Waals surface area (Å²) >= 11 is 1.40. The second-order valence-electron chi connectivity index (χ2n) is 5.05. The minimum absolute atomic E-state index is 0.123. The highest BCUT2D eigenvalue weighted by Crippen LogP contribution is 2.24. The van der Waals surface area contributed by atoms with Crippen LogP contribution in [0.1, 0.15) is 5.56 Å². The van der Waals surface area contributed by atoms with Gasteiger partial charge in [0.1, 0.15) is 9.84 Å². The summed E-state index contributed by atoms with van der Waals surface area (Å²) in [5, 5.41) is 9.16. The molecule has 5 nitrogen and oxygen atoms in total.